The van der Waals surface area contributed by atoms with Gasteiger partial charge in [-0.15, -0.1) is 0 Å². The Bertz CT molecular complexity index is 865. The average molecular weight is 427 g/mol. The van der Waals surface area contributed by atoms with Crippen molar-refractivity contribution in [2.75, 3.05) is 25.0 Å². The van der Waals surface area contributed by atoms with E-state index in [0.717, 1.165) is 11.6 Å². The molecule has 2 aromatic carbocycles. The predicted octanol–water partition coefficient (Wildman–Crippen LogP) is 5.21. The monoisotopic (exact) mass is 426 g/mol. The van der Waals surface area contributed by atoms with Crippen LogP contribution < -0.4 is 5.32 Å². The molecule has 156 valence electrons. The molecule has 8 heteroatoms. The lowest BCUT2D eigenvalue weighted by atomic mass is 9.74. The van der Waals surface area contributed by atoms with Crippen LogP contribution in [-0.4, -0.2) is 35.7 Å². The summed E-state index contributed by atoms with van der Waals surface area (Å²) in [6.45, 7) is 0.626. The molecule has 2 aromatic rings. The number of hydrogen-bond donors (Lipinski definition) is 2. The molecule has 0 atom stereocenters. The lowest BCUT2D eigenvalue weighted by Gasteiger charge is -2.41. The number of piperidine rings is 1. The molecule has 4 nitrogen and oxygen atoms in total. The molecule has 29 heavy (non-hydrogen) atoms. The molecule has 2 amide bonds. The molecule has 0 saturated carbocycles. The normalized spacial score (nSPS) is 16.5. The molecular formula is C21H22ClF3N2O2. The summed E-state index contributed by atoms with van der Waals surface area (Å²) in [5, 5.41) is 13.0. The first-order valence-corrected chi connectivity index (χ1v) is 9.68. The molecule has 1 aliphatic heterocycles. The van der Waals surface area contributed by atoms with Crippen LogP contribution in [0.4, 0.5) is 23.7 Å². The van der Waals surface area contributed by atoms with Crippen molar-refractivity contribution in [3.8, 4) is 0 Å². The molecule has 1 aliphatic rings. The second kappa shape index (κ2) is 8.63. The first-order valence-electron chi connectivity index (χ1n) is 9.30. The second-order valence-electron chi connectivity index (χ2n) is 7.39. The number of alkyl halides is 3. The summed E-state index contributed by atoms with van der Waals surface area (Å²) >= 11 is 6.24. The first-order chi connectivity index (χ1) is 13.7. The van der Waals surface area contributed by atoms with Gasteiger partial charge in [-0.2, -0.15) is 13.2 Å². The van der Waals surface area contributed by atoms with Crippen molar-refractivity contribution in [2.24, 2.45) is 5.41 Å². The van der Waals surface area contributed by atoms with Gasteiger partial charge in [0.2, 0.25) is 0 Å². The Labute approximate surface area is 172 Å². The van der Waals surface area contributed by atoms with Crippen molar-refractivity contribution in [1.29, 1.82) is 0 Å². The predicted molar refractivity (Wildman–Crippen MR) is 106 cm³/mol. The number of benzene rings is 2. The first kappa shape index (κ1) is 21.5. The number of nitrogens with one attached hydrogen (secondary N) is 1. The highest BCUT2D eigenvalue weighted by molar-refractivity contribution is 6.31. The minimum Gasteiger partial charge on any atom is -0.396 e. The molecule has 2 N–H and O–H groups in total. The van der Waals surface area contributed by atoms with Gasteiger partial charge in [-0.05, 0) is 43.0 Å². The average Bonchev–Trinajstić information content (AvgIpc) is 2.70. The molecule has 0 spiro atoms. The number of nitrogens with zero attached hydrogens (tertiary/aromatic N) is 1. The Balaban J connectivity index is 1.66. The largest absolute Gasteiger partial charge is 0.418 e. The molecule has 1 heterocycles. The van der Waals surface area contributed by atoms with Gasteiger partial charge in [0.05, 0.1) is 11.3 Å². The van der Waals surface area contributed by atoms with Gasteiger partial charge in [-0.3, -0.25) is 0 Å². The molecule has 1 fully saturated rings. The molecule has 3 rings (SSSR count). The Morgan fingerprint density at radius 3 is 2.34 bits per heavy atom. The Morgan fingerprint density at radius 1 is 1.10 bits per heavy atom. The lowest BCUT2D eigenvalue weighted by molar-refractivity contribution is -0.136. The third-order valence-electron chi connectivity index (χ3n) is 5.44. The van der Waals surface area contributed by atoms with E-state index in [4.69, 9.17) is 11.6 Å². The topological polar surface area (TPSA) is 52.6 Å². The lowest BCUT2D eigenvalue weighted by Crippen LogP contribution is -2.47. The third-order valence-corrected chi connectivity index (χ3v) is 5.81. The summed E-state index contributed by atoms with van der Waals surface area (Å²) in [5.41, 5.74) is -0.625. The second-order valence-corrected chi connectivity index (χ2v) is 7.79. The van der Waals surface area contributed by atoms with Crippen LogP contribution in [0, 0.1) is 5.41 Å². The van der Waals surface area contributed by atoms with Crippen molar-refractivity contribution in [3.05, 3.63) is 64.7 Å². The van der Waals surface area contributed by atoms with E-state index >= 15 is 0 Å². The fraction of sp³-hybridized carbons (Fsp3) is 0.381. The van der Waals surface area contributed by atoms with Crippen molar-refractivity contribution < 1.29 is 23.1 Å². The molecule has 0 bridgehead atoms. The van der Waals surface area contributed by atoms with Gasteiger partial charge in [0.15, 0.2) is 0 Å². The standard InChI is InChI=1S/C21H22ClF3N2O2/c22-17-7-3-1-5-15(17)13-20(14-28)9-11-27(12-10-20)19(29)26-18-8-4-2-6-16(18)21(23,24)25/h1-8,28H,9-14H2,(H,26,29). The highest BCUT2D eigenvalue weighted by atomic mass is 35.5. The number of hydrogen-bond acceptors (Lipinski definition) is 2. The van der Waals surface area contributed by atoms with Gasteiger partial charge in [-0.1, -0.05) is 41.9 Å². The van der Waals surface area contributed by atoms with E-state index in [9.17, 15) is 23.1 Å². The third kappa shape index (κ3) is 5.03. The fourth-order valence-electron chi connectivity index (χ4n) is 3.65. The van der Waals surface area contributed by atoms with Crippen LogP contribution in [0.2, 0.25) is 5.02 Å². The van der Waals surface area contributed by atoms with Gasteiger partial charge in [0, 0.05) is 30.1 Å². The van der Waals surface area contributed by atoms with Gasteiger partial charge >= 0.3 is 12.2 Å². The number of halogens is 4. The van der Waals surface area contributed by atoms with E-state index in [-0.39, 0.29) is 12.3 Å². The zero-order valence-corrected chi connectivity index (χ0v) is 16.4. The highest BCUT2D eigenvalue weighted by Gasteiger charge is 2.37. The fourth-order valence-corrected chi connectivity index (χ4v) is 3.86. The number of para-hydroxylation sites is 1. The van der Waals surface area contributed by atoms with E-state index in [0.29, 0.717) is 37.4 Å². The van der Waals surface area contributed by atoms with E-state index < -0.39 is 23.2 Å². The van der Waals surface area contributed by atoms with Crippen LogP contribution in [0.15, 0.2) is 48.5 Å². The molecule has 1 saturated heterocycles. The molecule has 0 aromatic heterocycles. The smallest absolute Gasteiger partial charge is 0.396 e. The summed E-state index contributed by atoms with van der Waals surface area (Å²) in [6.07, 6.45) is -2.91. The number of rotatable bonds is 4. The van der Waals surface area contributed by atoms with Crippen molar-refractivity contribution in [3.63, 3.8) is 0 Å². The summed E-state index contributed by atoms with van der Waals surface area (Å²) in [5.74, 6) is 0. The number of amides is 2. The van der Waals surface area contributed by atoms with Crippen LogP contribution in [0.1, 0.15) is 24.0 Å². The summed E-state index contributed by atoms with van der Waals surface area (Å²) in [6, 6.07) is 11.7. The zero-order valence-electron chi connectivity index (χ0n) is 15.7. The quantitative estimate of drug-likeness (QED) is 0.705. The maximum Gasteiger partial charge on any atom is 0.418 e. The number of aliphatic hydroxyl groups is 1. The van der Waals surface area contributed by atoms with Crippen molar-refractivity contribution in [1.82, 2.24) is 4.90 Å². The Kier molecular flexibility index (Phi) is 6.39. The summed E-state index contributed by atoms with van der Waals surface area (Å²) in [4.78, 5) is 14.0. The number of likely N-dealkylation sites (tertiary alicyclic amines) is 1. The van der Waals surface area contributed by atoms with Crippen LogP contribution in [0.5, 0.6) is 0 Å². The minimum atomic E-state index is -4.55. The van der Waals surface area contributed by atoms with E-state index in [1.54, 1.807) is 6.07 Å². The van der Waals surface area contributed by atoms with Crippen molar-refractivity contribution in [2.45, 2.75) is 25.4 Å². The maximum atomic E-state index is 13.1. The highest BCUT2D eigenvalue weighted by Crippen LogP contribution is 2.37. The van der Waals surface area contributed by atoms with E-state index in [1.165, 1.54) is 23.1 Å². The van der Waals surface area contributed by atoms with E-state index in [2.05, 4.69) is 5.32 Å². The van der Waals surface area contributed by atoms with Gasteiger partial charge in [0.1, 0.15) is 0 Å². The SMILES string of the molecule is O=C(Nc1ccccc1C(F)(F)F)N1CCC(CO)(Cc2ccccc2Cl)CC1. The molecular weight excluding hydrogens is 405 g/mol. The minimum absolute atomic E-state index is 0.0510. The van der Waals surface area contributed by atoms with Crippen molar-refractivity contribution >= 4 is 23.3 Å². The van der Waals surface area contributed by atoms with Crippen LogP contribution in [-0.2, 0) is 12.6 Å². The molecule has 0 unspecified atom stereocenters. The van der Waals surface area contributed by atoms with Gasteiger partial charge < -0.3 is 15.3 Å². The zero-order chi connectivity index (χ0) is 21.1. The Morgan fingerprint density at radius 2 is 1.72 bits per heavy atom. The van der Waals surface area contributed by atoms with E-state index in [1.807, 2.05) is 18.2 Å². The number of anilines is 1. The number of aliphatic hydroxyl groups excluding tert-OH is 1. The number of carbonyl (C=O) groups is 1. The maximum absolute atomic E-state index is 13.1. The number of urea groups is 1. The van der Waals surface area contributed by atoms with Crippen LogP contribution in [0.3, 0.4) is 0 Å². The van der Waals surface area contributed by atoms with Crippen LogP contribution in [0.25, 0.3) is 0 Å². The summed E-state index contributed by atoms with van der Waals surface area (Å²) in [7, 11) is 0. The Hall–Kier alpha value is -2.25. The van der Waals surface area contributed by atoms with Crippen LogP contribution >= 0.6 is 11.6 Å². The van der Waals surface area contributed by atoms with Gasteiger partial charge in [-0.25, -0.2) is 4.79 Å². The molecule has 0 radical (unpaired) electrons. The number of carbonyl (C=O) groups excluding carboxylic acids is 1. The molecule has 0 aliphatic carbocycles. The van der Waals surface area contributed by atoms with Gasteiger partial charge in [0.25, 0.3) is 0 Å². The summed E-state index contributed by atoms with van der Waals surface area (Å²) < 4.78 is 39.4.